The minimum absolute atomic E-state index is 0. The van der Waals surface area contributed by atoms with Gasteiger partial charge in [-0.3, -0.25) is 30.6 Å². The highest BCUT2D eigenvalue weighted by atomic mass is 79.9. The second kappa shape index (κ2) is 33.6. The molecule has 0 saturated heterocycles. The molecule has 0 saturated carbocycles. The molecule has 9 aromatic carbocycles. The van der Waals surface area contributed by atoms with Gasteiger partial charge in [-0.15, -0.1) is 12.4 Å². The van der Waals surface area contributed by atoms with Crippen molar-refractivity contribution in [2.75, 3.05) is 0 Å². The van der Waals surface area contributed by atoms with E-state index in [1.54, 1.807) is 12.1 Å². The van der Waals surface area contributed by atoms with Crippen LogP contribution in [0.5, 0.6) is 11.5 Å². The Morgan fingerprint density at radius 1 is 0.384 bits per heavy atom. The SMILES string of the molecule is Brc1ccccc1-c1[nH]c2ccc3nccc3c2c2c1CCCC2.Cc1cc2c(ccc3nc(-c4ccc(O)c(F)c4)c4c(c32)CCCC4)[nH]1.Cl.N=C(N)c1ccc(-c2nc3ccc4[nH]ncc4c3c3c2CCCC3)cc1.Oc1ccc(-c2[nH]c3ccc4nccc4c3c3c2CCCC3)c(F)c1.c1cncc(-c2nc3ccc4[nH]ncc4c3c3c2CCCC3)c1. The molecule has 5 aliphatic rings. The molecule has 0 spiro atoms. The number of phenols is 2. The number of nitrogen functional groups attached to an aromatic ring is 1. The number of pyridine rings is 6. The van der Waals surface area contributed by atoms with Gasteiger partial charge in [-0.1, -0.05) is 58.4 Å². The number of aryl methyl sites for hydroxylation is 6. The number of phenolic OH excluding ortho intramolecular Hbond substituents is 2. The van der Waals surface area contributed by atoms with Crippen LogP contribution in [0.1, 0.15) is 131 Å². The first-order valence-electron chi connectivity index (χ1n) is 43.2. The summed E-state index contributed by atoms with van der Waals surface area (Å²) in [6.45, 7) is 2.07. The number of aromatic amines is 5. The number of hydrogen-bond acceptors (Lipinski definition) is 11. The van der Waals surface area contributed by atoms with Crippen LogP contribution in [-0.2, 0) is 64.2 Å². The summed E-state index contributed by atoms with van der Waals surface area (Å²) in [5, 5.41) is 53.6. The van der Waals surface area contributed by atoms with Gasteiger partial charge in [0.15, 0.2) is 11.6 Å². The van der Waals surface area contributed by atoms with Crippen LogP contribution in [0.2, 0.25) is 0 Å². The van der Waals surface area contributed by atoms with E-state index in [2.05, 4.69) is 164 Å². The minimum Gasteiger partial charge on any atom is -0.508 e. The number of fused-ring (bicyclic) bond motifs is 25. The van der Waals surface area contributed by atoms with Gasteiger partial charge >= 0.3 is 0 Å². The van der Waals surface area contributed by atoms with E-state index in [0.29, 0.717) is 5.56 Å². The fraction of sp³-hybridized carbons (Fsp3) is 0.202. The van der Waals surface area contributed by atoms with Crippen LogP contribution in [0.3, 0.4) is 0 Å². The number of benzene rings is 9. The van der Waals surface area contributed by atoms with Gasteiger partial charge in [-0.25, -0.2) is 23.7 Å². The van der Waals surface area contributed by atoms with Crippen LogP contribution < -0.4 is 5.73 Å². The maximum Gasteiger partial charge on any atom is 0.165 e. The maximum atomic E-state index is 14.5. The molecule has 0 bridgehead atoms. The summed E-state index contributed by atoms with van der Waals surface area (Å²) in [5.74, 6) is -1.30. The predicted octanol–water partition coefficient (Wildman–Crippen LogP) is 25.0. The third-order valence-corrected chi connectivity index (χ3v) is 26.7. The first-order chi connectivity index (χ1) is 60.8. The number of aromatic nitrogens is 13. The van der Waals surface area contributed by atoms with E-state index in [4.69, 9.17) is 26.1 Å². The van der Waals surface area contributed by atoms with Gasteiger partial charge in [0.2, 0.25) is 0 Å². The maximum absolute atomic E-state index is 14.5. The summed E-state index contributed by atoms with van der Waals surface area (Å²) in [5.41, 5.74) is 41.5. The third-order valence-electron chi connectivity index (χ3n) is 26.0. The first-order valence-corrected chi connectivity index (χ1v) is 44.0. The Balaban J connectivity index is 0.0000000986. The Hall–Kier alpha value is -13.6. The van der Waals surface area contributed by atoms with Gasteiger partial charge in [0, 0.05) is 145 Å². The van der Waals surface area contributed by atoms with Crippen molar-refractivity contribution in [3.8, 4) is 67.8 Å². The van der Waals surface area contributed by atoms with Crippen LogP contribution in [-0.4, -0.2) is 81.3 Å². The molecular formula is C104H89BrClF2N15O2. The minimum atomic E-state index is -0.606. The lowest BCUT2D eigenvalue weighted by molar-refractivity contribution is 0.432. The second-order valence-corrected chi connectivity index (χ2v) is 34.3. The number of halogens is 4. The topological polar surface area (TPSA) is 272 Å². The fourth-order valence-electron chi connectivity index (χ4n) is 20.3. The highest BCUT2D eigenvalue weighted by molar-refractivity contribution is 9.10. The molecule has 21 heteroatoms. The quantitative estimate of drug-likeness (QED) is 0.0558. The molecule has 0 radical (unpaired) electrons. The molecule has 11 heterocycles. The van der Waals surface area contributed by atoms with Crippen LogP contribution in [0.15, 0.2) is 218 Å². The molecule has 0 aliphatic heterocycles. The normalized spacial score (nSPS) is 14.0. The molecule has 17 nitrogen and oxygen atoms in total. The van der Waals surface area contributed by atoms with Crippen molar-refractivity contribution in [1.82, 2.24) is 65.3 Å². The summed E-state index contributed by atoms with van der Waals surface area (Å²) in [4.78, 5) is 38.8. The highest BCUT2D eigenvalue weighted by Gasteiger charge is 2.29. The number of nitrogens with zero attached hydrogens (tertiary/aromatic N) is 8. The zero-order valence-electron chi connectivity index (χ0n) is 68.9. The molecule has 0 unspecified atom stereocenters. The summed E-state index contributed by atoms with van der Waals surface area (Å²) < 4.78 is 29.6. The van der Waals surface area contributed by atoms with Gasteiger partial charge in [-0.2, -0.15) is 10.2 Å². The van der Waals surface area contributed by atoms with Crippen molar-refractivity contribution in [2.45, 2.75) is 135 Å². The lowest BCUT2D eigenvalue weighted by atomic mass is 9.85. The van der Waals surface area contributed by atoms with E-state index in [1.165, 1.54) is 178 Å². The van der Waals surface area contributed by atoms with Crippen molar-refractivity contribution in [2.24, 2.45) is 5.73 Å². The fourth-order valence-corrected chi connectivity index (χ4v) is 20.8. The molecule has 10 N–H and O–H groups in total. The van der Waals surface area contributed by atoms with Crippen molar-refractivity contribution in [1.29, 1.82) is 5.41 Å². The van der Waals surface area contributed by atoms with E-state index >= 15 is 0 Å². The summed E-state index contributed by atoms with van der Waals surface area (Å²) in [7, 11) is 0. The van der Waals surface area contributed by atoms with Gasteiger partial charge in [0.1, 0.15) is 17.4 Å². The average Bonchev–Trinajstić information content (AvgIpc) is 1.71. The number of aromatic hydroxyl groups is 2. The van der Waals surface area contributed by atoms with E-state index in [1.807, 2.05) is 85.7 Å². The zero-order valence-corrected chi connectivity index (χ0v) is 71.3. The largest absolute Gasteiger partial charge is 0.508 e. The number of nitrogens with two attached hydrogens (primary N) is 1. The number of H-pyrrole nitrogens is 5. The molecule has 25 rings (SSSR count). The Labute approximate surface area is 732 Å². The molecule has 20 aromatic rings. The van der Waals surface area contributed by atoms with Gasteiger partial charge in [0.05, 0.1) is 79.5 Å². The molecule has 5 aliphatic carbocycles. The lowest BCUT2D eigenvalue weighted by Crippen LogP contribution is -2.11. The smallest absolute Gasteiger partial charge is 0.165 e. The number of rotatable bonds is 6. The Morgan fingerprint density at radius 3 is 1.34 bits per heavy atom. The van der Waals surface area contributed by atoms with Gasteiger partial charge < -0.3 is 30.9 Å². The monoisotopic (exact) mass is 1730 g/mol. The third kappa shape index (κ3) is 14.7. The van der Waals surface area contributed by atoms with Crippen LogP contribution in [0.4, 0.5) is 8.78 Å². The standard InChI is InChI=1S/C22H19FN2O.C21H17BrN2.C21H17FN2O.C21H19N5.C19H16N4.ClH/c1-12-10-16-18(24-12)7-8-19-21(16)14-4-2-3-5-15(14)22(25-19)13-6-9-20(26)17(23)11-13;22-17-8-4-3-7-15(17)21-14-6-2-1-5-13(14)20-16-11-12-23-18(16)9-10-19(20)24-21;22-17-11-12(25)5-6-15(17)21-14-4-2-1-3-13(14)20-16-9-10-23-18(16)7-8-19(20)24-21;22-21(23)13-7-5-12(6-8-13)20-15-4-2-1-3-14(15)19-16-11-24-26-17(16)9-10-18(19)25-20;1-2-6-14-13(5-1)18-15-11-21-23-16(15)7-8-17(18)22-19(14)12-4-3-9-20-10-12;/h6-11,24,26H,2-5H2,1H3;3-4,7-12,24H,1-2,5-6H2;5-11,24-25H,1-4H2;5-11H,1-4H2,(H3,22,23)(H,24,26);3-4,7-11H,1-2,5-6H2,(H,21,23);1H. The van der Waals surface area contributed by atoms with Crippen molar-refractivity contribution in [3.63, 3.8) is 0 Å². The summed E-state index contributed by atoms with van der Waals surface area (Å²) >= 11 is 3.73. The molecule has 125 heavy (non-hydrogen) atoms. The van der Waals surface area contributed by atoms with Crippen LogP contribution >= 0.6 is 28.3 Å². The molecular weight excluding hydrogens is 1640 g/mol. The first kappa shape index (κ1) is 79.9. The van der Waals surface area contributed by atoms with E-state index in [0.717, 1.165) is 206 Å². The summed E-state index contributed by atoms with van der Waals surface area (Å²) in [6, 6.07) is 56.5. The summed E-state index contributed by atoms with van der Waals surface area (Å²) in [6.07, 6.45) is 33.8. The Morgan fingerprint density at radius 2 is 0.840 bits per heavy atom. The zero-order chi connectivity index (χ0) is 83.8. The predicted molar refractivity (Wildman–Crippen MR) is 506 cm³/mol. The van der Waals surface area contributed by atoms with Crippen molar-refractivity contribution >= 4 is 143 Å². The van der Waals surface area contributed by atoms with E-state index in [-0.39, 0.29) is 29.7 Å². The van der Waals surface area contributed by atoms with E-state index in [9.17, 15) is 19.0 Å². The molecule has 11 aromatic heterocycles. The Kier molecular flexibility index (Phi) is 21.5. The average molecular weight is 1730 g/mol. The Bertz CT molecular complexity index is 7660. The lowest BCUT2D eigenvalue weighted by Gasteiger charge is -2.23. The molecule has 620 valence electrons. The highest BCUT2D eigenvalue weighted by Crippen LogP contribution is 2.46. The van der Waals surface area contributed by atoms with Gasteiger partial charge in [0.25, 0.3) is 0 Å². The number of nitrogens with one attached hydrogen (secondary N) is 6. The number of amidine groups is 1. The second-order valence-electron chi connectivity index (χ2n) is 33.4. The van der Waals surface area contributed by atoms with Gasteiger partial charge in [-0.05, 0) is 318 Å². The van der Waals surface area contributed by atoms with E-state index < -0.39 is 11.6 Å². The molecule has 0 amide bonds. The van der Waals surface area contributed by atoms with Crippen LogP contribution in [0, 0.1) is 24.0 Å². The molecule has 0 atom stereocenters. The van der Waals surface area contributed by atoms with Crippen molar-refractivity contribution in [3.05, 3.63) is 296 Å². The molecule has 0 fully saturated rings. The van der Waals surface area contributed by atoms with Crippen LogP contribution in [0.25, 0.3) is 165 Å². The number of hydrogen-bond donors (Lipinski definition) is 9. The van der Waals surface area contributed by atoms with Crippen molar-refractivity contribution < 1.29 is 19.0 Å².